The van der Waals surface area contributed by atoms with Crippen LogP contribution in [0.2, 0.25) is 0 Å². The van der Waals surface area contributed by atoms with Gasteiger partial charge in [0, 0.05) is 16.7 Å². The quantitative estimate of drug-likeness (QED) is 0.221. The molecule has 0 bridgehead atoms. The third-order valence-corrected chi connectivity index (χ3v) is 9.14. The van der Waals surface area contributed by atoms with Crippen LogP contribution >= 0.6 is 0 Å². The molecule has 0 fully saturated rings. The minimum absolute atomic E-state index is 0.532. The second-order valence-corrected chi connectivity index (χ2v) is 11.4. The monoisotopic (exact) mass is 534 g/mol. The van der Waals surface area contributed by atoms with Gasteiger partial charge >= 0.3 is 0 Å². The lowest BCUT2D eigenvalue weighted by molar-refractivity contribution is 0.757. The molecular formula is C40H26N2. The molecule has 0 aliphatic heterocycles. The van der Waals surface area contributed by atoms with E-state index in [-0.39, 0.29) is 0 Å². The zero-order chi connectivity index (χ0) is 27.8. The topological polar surface area (TPSA) is 25.8 Å². The molecule has 42 heavy (non-hydrogen) atoms. The number of benzene rings is 6. The summed E-state index contributed by atoms with van der Waals surface area (Å²) in [6.07, 6.45) is 0. The van der Waals surface area contributed by atoms with Gasteiger partial charge in [-0.05, 0) is 51.1 Å². The van der Waals surface area contributed by atoms with E-state index in [1.807, 2.05) is 6.07 Å². The van der Waals surface area contributed by atoms with Crippen LogP contribution in [0.25, 0.3) is 55.7 Å². The van der Waals surface area contributed by atoms with E-state index in [1.165, 1.54) is 49.7 Å². The van der Waals surface area contributed by atoms with E-state index in [2.05, 4.69) is 140 Å². The molecule has 0 N–H and O–H groups in total. The number of nitrogens with zero attached hydrogens (tertiary/aromatic N) is 2. The third kappa shape index (κ3) is 2.99. The molecule has 0 saturated carbocycles. The number of hydrogen-bond acceptors (Lipinski definition) is 2. The lowest BCUT2D eigenvalue weighted by Crippen LogP contribution is -2.27. The van der Waals surface area contributed by atoms with Crippen molar-refractivity contribution in [2.24, 2.45) is 0 Å². The molecule has 7 aromatic rings. The van der Waals surface area contributed by atoms with Crippen LogP contribution in [0.1, 0.15) is 27.9 Å². The van der Waals surface area contributed by atoms with Crippen molar-refractivity contribution in [3.63, 3.8) is 0 Å². The van der Waals surface area contributed by atoms with Gasteiger partial charge in [0.1, 0.15) is 0 Å². The predicted octanol–water partition coefficient (Wildman–Crippen LogP) is 9.62. The average molecular weight is 535 g/mol. The van der Waals surface area contributed by atoms with Crippen LogP contribution in [-0.4, -0.2) is 9.97 Å². The molecular weight excluding hydrogens is 508 g/mol. The van der Waals surface area contributed by atoms with Gasteiger partial charge in [0.25, 0.3) is 0 Å². The summed E-state index contributed by atoms with van der Waals surface area (Å²) in [6, 6.07) is 50.3. The van der Waals surface area contributed by atoms with Gasteiger partial charge in [-0.25, -0.2) is 9.97 Å². The lowest BCUT2D eigenvalue weighted by Gasteiger charge is -2.30. The Bertz CT molecular complexity index is 2210. The maximum Gasteiger partial charge on any atom is 0.160 e. The molecule has 196 valence electrons. The first-order valence-electron chi connectivity index (χ1n) is 14.5. The minimum atomic E-state index is -0.532. The Labute approximate surface area is 245 Å². The number of aromatic nitrogens is 2. The highest BCUT2D eigenvalue weighted by Gasteiger charge is 2.54. The van der Waals surface area contributed by atoms with Crippen LogP contribution in [0.4, 0.5) is 0 Å². The second-order valence-electron chi connectivity index (χ2n) is 11.4. The van der Waals surface area contributed by atoms with E-state index in [0.29, 0.717) is 0 Å². The molecule has 0 radical (unpaired) electrons. The van der Waals surface area contributed by atoms with E-state index in [4.69, 9.17) is 9.97 Å². The summed E-state index contributed by atoms with van der Waals surface area (Å²) in [5.74, 6) is 0.753. The average Bonchev–Trinajstić information content (AvgIpc) is 3.51. The number of fused-ring (bicyclic) bond motifs is 11. The molecule has 1 heterocycles. The summed E-state index contributed by atoms with van der Waals surface area (Å²) in [5, 5.41) is 2.40. The highest BCUT2D eigenvalue weighted by molar-refractivity contribution is 6.04. The van der Waals surface area contributed by atoms with Gasteiger partial charge < -0.3 is 0 Å². The summed E-state index contributed by atoms with van der Waals surface area (Å²) in [7, 11) is 0. The first-order valence-corrected chi connectivity index (χ1v) is 14.5. The predicted molar refractivity (Wildman–Crippen MR) is 171 cm³/mol. The van der Waals surface area contributed by atoms with E-state index in [0.717, 1.165) is 33.9 Å². The first-order chi connectivity index (χ1) is 20.7. The number of rotatable bonds is 2. The Morgan fingerprint density at radius 3 is 2.00 bits per heavy atom. The molecule has 0 saturated heterocycles. The summed E-state index contributed by atoms with van der Waals surface area (Å²) < 4.78 is 0. The Morgan fingerprint density at radius 2 is 1.14 bits per heavy atom. The molecule has 2 aliphatic rings. The summed E-state index contributed by atoms with van der Waals surface area (Å²) in [6.45, 7) is 2.19. The Morgan fingerprint density at radius 1 is 0.500 bits per heavy atom. The van der Waals surface area contributed by atoms with E-state index < -0.39 is 5.41 Å². The van der Waals surface area contributed by atoms with Gasteiger partial charge in [-0.3, -0.25) is 0 Å². The smallest absolute Gasteiger partial charge is 0.160 e. The van der Waals surface area contributed by atoms with Crippen molar-refractivity contribution in [3.8, 4) is 44.9 Å². The van der Waals surface area contributed by atoms with Gasteiger partial charge in [0.2, 0.25) is 0 Å². The highest BCUT2D eigenvalue weighted by Crippen LogP contribution is 2.63. The maximum atomic E-state index is 5.56. The van der Waals surface area contributed by atoms with Gasteiger partial charge in [0.05, 0.1) is 16.8 Å². The molecule has 1 unspecified atom stereocenters. The number of aryl methyl sites for hydroxylation is 1. The Balaban J connectivity index is 1.50. The fourth-order valence-corrected chi connectivity index (χ4v) is 7.42. The molecule has 2 heteroatoms. The maximum absolute atomic E-state index is 5.56. The van der Waals surface area contributed by atoms with Crippen molar-refractivity contribution in [2.45, 2.75) is 12.3 Å². The van der Waals surface area contributed by atoms with Crippen LogP contribution in [-0.2, 0) is 5.41 Å². The zero-order valence-corrected chi connectivity index (χ0v) is 23.2. The van der Waals surface area contributed by atoms with E-state index >= 15 is 0 Å². The zero-order valence-electron chi connectivity index (χ0n) is 23.2. The molecule has 2 aliphatic carbocycles. The summed E-state index contributed by atoms with van der Waals surface area (Å²) in [5.41, 5.74) is 13.7. The molecule has 6 aromatic carbocycles. The van der Waals surface area contributed by atoms with Gasteiger partial charge in [-0.15, -0.1) is 0 Å². The highest BCUT2D eigenvalue weighted by atomic mass is 14.9. The molecule has 1 atom stereocenters. The third-order valence-electron chi connectivity index (χ3n) is 9.14. The van der Waals surface area contributed by atoms with Crippen molar-refractivity contribution < 1.29 is 0 Å². The SMILES string of the molecule is Cc1ccc2c(c1)C1(c3ccccc3-2)c2ccccc2-c2c(-c3cccc4ccccc34)nc(-c3ccccc3)nc21. The lowest BCUT2D eigenvalue weighted by atomic mass is 9.72. The molecule has 1 aromatic heterocycles. The minimum Gasteiger partial charge on any atom is -0.231 e. The summed E-state index contributed by atoms with van der Waals surface area (Å²) in [4.78, 5) is 11.0. The van der Waals surface area contributed by atoms with Crippen LogP contribution in [0.3, 0.4) is 0 Å². The van der Waals surface area contributed by atoms with Crippen molar-refractivity contribution in [1.29, 1.82) is 0 Å². The van der Waals surface area contributed by atoms with Crippen molar-refractivity contribution >= 4 is 10.8 Å². The second kappa shape index (κ2) is 8.58. The first kappa shape index (κ1) is 23.4. The molecule has 0 amide bonds. The van der Waals surface area contributed by atoms with Gasteiger partial charge in [-0.2, -0.15) is 0 Å². The Kier molecular flexibility index (Phi) is 4.77. The number of hydrogen-bond donors (Lipinski definition) is 0. The van der Waals surface area contributed by atoms with Crippen LogP contribution < -0.4 is 0 Å². The molecule has 1 spiro atoms. The van der Waals surface area contributed by atoms with Crippen LogP contribution in [0, 0.1) is 6.92 Å². The molecule has 2 nitrogen and oxygen atoms in total. The van der Waals surface area contributed by atoms with E-state index in [9.17, 15) is 0 Å². The Hall–Kier alpha value is -5.34. The van der Waals surface area contributed by atoms with Crippen molar-refractivity contribution in [3.05, 3.63) is 167 Å². The summed E-state index contributed by atoms with van der Waals surface area (Å²) >= 11 is 0. The normalized spacial score (nSPS) is 15.8. The van der Waals surface area contributed by atoms with Crippen LogP contribution in [0.15, 0.2) is 140 Å². The molecule has 9 rings (SSSR count). The van der Waals surface area contributed by atoms with E-state index in [1.54, 1.807) is 0 Å². The van der Waals surface area contributed by atoms with Crippen molar-refractivity contribution in [2.75, 3.05) is 0 Å². The van der Waals surface area contributed by atoms with Crippen LogP contribution in [0.5, 0.6) is 0 Å². The fourth-order valence-electron chi connectivity index (χ4n) is 7.42. The van der Waals surface area contributed by atoms with Gasteiger partial charge in [0.15, 0.2) is 5.82 Å². The largest absolute Gasteiger partial charge is 0.231 e. The standard InChI is InChI=1S/C40H26N2/c1-25-22-23-30-29-17-7-9-20-33(29)40(35(30)24-25)34-21-10-8-18-32(34)36-37(31-19-11-15-26-12-5-6-16-28(26)31)41-39(42-38(36)40)27-13-3-2-4-14-27/h2-24H,1H3. The van der Waals surface area contributed by atoms with Crippen molar-refractivity contribution in [1.82, 2.24) is 9.97 Å². The fraction of sp³-hybridized carbons (Fsp3) is 0.0500. The van der Waals surface area contributed by atoms with Gasteiger partial charge in [-0.1, -0.05) is 145 Å².